The molecule has 0 radical (unpaired) electrons. The number of hydrogen-bond donors (Lipinski definition) is 0. The third-order valence-electron chi connectivity index (χ3n) is 2.75. The van der Waals surface area contributed by atoms with Gasteiger partial charge in [0.05, 0.1) is 5.56 Å². The lowest BCUT2D eigenvalue weighted by Crippen LogP contribution is -1.98. The van der Waals surface area contributed by atoms with Crippen LogP contribution in [-0.2, 0) is 0 Å². The highest BCUT2D eigenvalue weighted by Crippen LogP contribution is 2.24. The molecule has 1 heterocycles. The zero-order chi connectivity index (χ0) is 13.2. The minimum absolute atomic E-state index is 0.0846. The van der Waals surface area contributed by atoms with Crippen LogP contribution in [0.15, 0.2) is 54.9 Å². The number of halogens is 2. The molecule has 2 aromatic carbocycles. The Labute approximate surface area is 108 Å². The van der Waals surface area contributed by atoms with Gasteiger partial charge in [0.25, 0.3) is 0 Å². The van der Waals surface area contributed by atoms with Crippen LogP contribution in [0.2, 0.25) is 0 Å². The summed E-state index contributed by atoms with van der Waals surface area (Å²) in [6.07, 6.45) is 1.47. The number of para-hydroxylation sites is 1. The molecule has 19 heavy (non-hydrogen) atoms. The number of benzene rings is 2. The number of nitrogens with zero attached hydrogens (tertiary/aromatic N) is 3. The van der Waals surface area contributed by atoms with Crippen molar-refractivity contribution < 1.29 is 8.78 Å². The lowest BCUT2D eigenvalue weighted by Gasteiger charge is -2.07. The summed E-state index contributed by atoms with van der Waals surface area (Å²) in [5, 5.41) is 7.64. The Bertz CT molecular complexity index is 708. The third-order valence-corrected chi connectivity index (χ3v) is 2.75. The quantitative estimate of drug-likeness (QED) is 0.705. The van der Waals surface area contributed by atoms with Crippen LogP contribution in [0.4, 0.5) is 8.78 Å². The molecule has 0 fully saturated rings. The molecule has 0 aliphatic rings. The summed E-state index contributed by atoms with van der Waals surface area (Å²) in [5.74, 6) is -0.784. The van der Waals surface area contributed by atoms with E-state index < -0.39 is 11.6 Å². The molecular formula is C14H9F2N3. The topological polar surface area (TPSA) is 30.7 Å². The van der Waals surface area contributed by atoms with Gasteiger partial charge in [0.2, 0.25) is 0 Å². The lowest BCUT2D eigenvalue weighted by atomic mass is 10.2. The van der Waals surface area contributed by atoms with Gasteiger partial charge in [-0.3, -0.25) is 4.57 Å². The van der Waals surface area contributed by atoms with Crippen LogP contribution >= 0.6 is 0 Å². The normalized spacial score (nSPS) is 10.6. The molecule has 0 aliphatic carbocycles. The van der Waals surface area contributed by atoms with Crippen molar-refractivity contribution in [1.82, 2.24) is 14.8 Å². The van der Waals surface area contributed by atoms with Gasteiger partial charge in [-0.15, -0.1) is 10.2 Å². The van der Waals surface area contributed by atoms with Gasteiger partial charge >= 0.3 is 0 Å². The number of rotatable bonds is 2. The SMILES string of the molecule is Fc1ccc(F)c(-c2nncn2-c2ccccc2)c1. The first kappa shape index (κ1) is 11.5. The highest BCUT2D eigenvalue weighted by atomic mass is 19.1. The standard InChI is InChI=1S/C14H9F2N3/c15-10-6-7-13(16)12(8-10)14-18-17-9-19(14)11-4-2-1-3-5-11/h1-9H. The molecule has 0 bridgehead atoms. The molecule has 5 heteroatoms. The van der Waals surface area contributed by atoms with Crippen LogP contribution < -0.4 is 0 Å². The predicted molar refractivity (Wildman–Crippen MR) is 66.7 cm³/mol. The first-order valence-corrected chi connectivity index (χ1v) is 5.66. The maximum Gasteiger partial charge on any atom is 0.171 e. The van der Waals surface area contributed by atoms with E-state index in [4.69, 9.17) is 0 Å². The third kappa shape index (κ3) is 2.10. The molecular weight excluding hydrogens is 248 g/mol. The van der Waals surface area contributed by atoms with E-state index in [9.17, 15) is 8.78 Å². The predicted octanol–water partition coefficient (Wildman–Crippen LogP) is 3.21. The molecule has 0 saturated carbocycles. The Hall–Kier alpha value is -2.56. The molecule has 0 amide bonds. The maximum atomic E-state index is 13.8. The van der Waals surface area contributed by atoms with Crippen molar-refractivity contribution in [2.24, 2.45) is 0 Å². The largest absolute Gasteiger partial charge is 0.282 e. The highest BCUT2D eigenvalue weighted by molar-refractivity contribution is 5.58. The molecule has 3 aromatic rings. The molecule has 3 rings (SSSR count). The summed E-state index contributed by atoms with van der Waals surface area (Å²) in [6.45, 7) is 0. The molecule has 94 valence electrons. The molecule has 1 aromatic heterocycles. The smallest absolute Gasteiger partial charge is 0.171 e. The van der Waals surface area contributed by atoms with Gasteiger partial charge in [-0.2, -0.15) is 0 Å². The van der Waals surface area contributed by atoms with Crippen LogP contribution in [0.5, 0.6) is 0 Å². The first-order chi connectivity index (χ1) is 9.25. The van der Waals surface area contributed by atoms with Crippen LogP contribution in [0.25, 0.3) is 17.1 Å². The summed E-state index contributed by atoms with van der Waals surface area (Å²) >= 11 is 0. The van der Waals surface area contributed by atoms with Crippen molar-refractivity contribution in [1.29, 1.82) is 0 Å². The van der Waals surface area contributed by atoms with Crippen molar-refractivity contribution in [2.45, 2.75) is 0 Å². The molecule has 0 N–H and O–H groups in total. The second-order valence-electron chi connectivity index (χ2n) is 3.98. The molecule has 0 spiro atoms. The van der Waals surface area contributed by atoms with Gasteiger partial charge in [0.1, 0.15) is 18.0 Å². The Morgan fingerprint density at radius 2 is 1.74 bits per heavy atom. The zero-order valence-electron chi connectivity index (χ0n) is 9.79. The fraction of sp³-hybridized carbons (Fsp3) is 0. The van der Waals surface area contributed by atoms with Crippen LogP contribution in [0, 0.1) is 11.6 Å². The van der Waals surface area contributed by atoms with E-state index in [0.29, 0.717) is 0 Å². The molecule has 0 atom stereocenters. The summed E-state index contributed by atoms with van der Waals surface area (Å²) < 4.78 is 28.6. The second kappa shape index (κ2) is 4.61. The van der Waals surface area contributed by atoms with Crippen molar-refractivity contribution >= 4 is 0 Å². The average Bonchev–Trinajstić information content (AvgIpc) is 2.91. The molecule has 0 saturated heterocycles. The van der Waals surface area contributed by atoms with E-state index in [-0.39, 0.29) is 11.4 Å². The summed E-state index contributed by atoms with van der Waals surface area (Å²) in [5.41, 5.74) is 0.868. The van der Waals surface area contributed by atoms with E-state index in [1.165, 1.54) is 6.33 Å². The van der Waals surface area contributed by atoms with E-state index >= 15 is 0 Å². The van der Waals surface area contributed by atoms with Gasteiger partial charge in [-0.25, -0.2) is 8.78 Å². The fourth-order valence-corrected chi connectivity index (χ4v) is 1.87. The van der Waals surface area contributed by atoms with Gasteiger partial charge < -0.3 is 0 Å². The van der Waals surface area contributed by atoms with Crippen molar-refractivity contribution in [3.63, 3.8) is 0 Å². The van der Waals surface area contributed by atoms with Gasteiger partial charge in [0, 0.05) is 5.69 Å². The van der Waals surface area contributed by atoms with E-state index in [1.54, 1.807) is 4.57 Å². The second-order valence-corrected chi connectivity index (χ2v) is 3.98. The van der Waals surface area contributed by atoms with E-state index in [1.807, 2.05) is 30.3 Å². The Morgan fingerprint density at radius 3 is 2.53 bits per heavy atom. The average molecular weight is 257 g/mol. The van der Waals surface area contributed by atoms with Crippen molar-refractivity contribution in [2.75, 3.05) is 0 Å². The van der Waals surface area contributed by atoms with Crippen molar-refractivity contribution in [3.8, 4) is 17.1 Å². The molecule has 3 nitrogen and oxygen atoms in total. The van der Waals surface area contributed by atoms with Crippen LogP contribution in [-0.4, -0.2) is 14.8 Å². The van der Waals surface area contributed by atoms with Crippen molar-refractivity contribution in [3.05, 3.63) is 66.5 Å². The summed E-state index contributed by atoms with van der Waals surface area (Å²) in [7, 11) is 0. The number of hydrogen-bond acceptors (Lipinski definition) is 2. The van der Waals surface area contributed by atoms with E-state index in [2.05, 4.69) is 10.2 Å². The Morgan fingerprint density at radius 1 is 0.947 bits per heavy atom. The fourth-order valence-electron chi connectivity index (χ4n) is 1.87. The van der Waals surface area contributed by atoms with Gasteiger partial charge in [-0.1, -0.05) is 18.2 Å². The molecule has 0 unspecified atom stereocenters. The maximum absolute atomic E-state index is 13.8. The lowest BCUT2D eigenvalue weighted by molar-refractivity contribution is 0.601. The minimum Gasteiger partial charge on any atom is -0.282 e. The monoisotopic (exact) mass is 257 g/mol. The van der Waals surface area contributed by atoms with Crippen LogP contribution in [0.3, 0.4) is 0 Å². The van der Waals surface area contributed by atoms with Crippen LogP contribution in [0.1, 0.15) is 0 Å². The Balaban J connectivity index is 2.18. The zero-order valence-corrected chi connectivity index (χ0v) is 9.79. The first-order valence-electron chi connectivity index (χ1n) is 5.66. The highest BCUT2D eigenvalue weighted by Gasteiger charge is 2.14. The van der Waals surface area contributed by atoms with Gasteiger partial charge in [0.15, 0.2) is 5.82 Å². The summed E-state index contributed by atoms with van der Waals surface area (Å²) in [4.78, 5) is 0. The molecule has 0 aliphatic heterocycles. The minimum atomic E-state index is -0.536. The van der Waals surface area contributed by atoms with E-state index in [0.717, 1.165) is 23.9 Å². The number of aromatic nitrogens is 3. The van der Waals surface area contributed by atoms with Gasteiger partial charge in [-0.05, 0) is 30.3 Å². The Kier molecular flexibility index (Phi) is 2.79. The summed E-state index contributed by atoms with van der Waals surface area (Å²) in [6, 6.07) is 12.5.